The van der Waals surface area contributed by atoms with Gasteiger partial charge in [0.25, 0.3) is 5.69 Å². The van der Waals surface area contributed by atoms with E-state index in [0.717, 1.165) is 19.6 Å². The van der Waals surface area contributed by atoms with Crippen molar-refractivity contribution in [2.24, 2.45) is 0 Å². The van der Waals surface area contributed by atoms with Crippen molar-refractivity contribution in [2.45, 2.75) is 6.04 Å². The zero-order valence-corrected chi connectivity index (χ0v) is 11.6. The van der Waals surface area contributed by atoms with Crippen LogP contribution in [0.15, 0.2) is 54.6 Å². The molecule has 1 fully saturated rings. The van der Waals surface area contributed by atoms with E-state index in [2.05, 4.69) is 22.3 Å². The first-order chi connectivity index (χ1) is 10.3. The predicted octanol–water partition coefficient (Wildman–Crippen LogP) is 2.75. The largest absolute Gasteiger partial charge is 0.363 e. The van der Waals surface area contributed by atoms with Crippen molar-refractivity contribution in [3.05, 3.63) is 70.3 Å². The van der Waals surface area contributed by atoms with Gasteiger partial charge < -0.3 is 10.2 Å². The first-order valence-electron chi connectivity index (χ1n) is 7.02. The maximum atomic E-state index is 11.2. The van der Waals surface area contributed by atoms with Gasteiger partial charge in [-0.25, -0.2) is 0 Å². The Labute approximate surface area is 123 Å². The van der Waals surface area contributed by atoms with Crippen LogP contribution in [0.4, 0.5) is 11.4 Å². The molecule has 2 aromatic rings. The summed E-state index contributed by atoms with van der Waals surface area (Å²) in [4.78, 5) is 13.0. The Morgan fingerprint density at radius 2 is 1.81 bits per heavy atom. The van der Waals surface area contributed by atoms with Crippen LogP contribution in [0.5, 0.6) is 0 Å². The molecule has 3 rings (SSSR count). The molecule has 0 spiro atoms. The summed E-state index contributed by atoms with van der Waals surface area (Å²) in [6.45, 7) is 2.31. The molecule has 108 valence electrons. The number of para-hydroxylation sites is 2. The Kier molecular flexibility index (Phi) is 3.83. The molecule has 1 aliphatic rings. The second-order valence-electron chi connectivity index (χ2n) is 5.11. The zero-order valence-electron chi connectivity index (χ0n) is 11.6. The summed E-state index contributed by atoms with van der Waals surface area (Å²) in [7, 11) is 0. The second-order valence-corrected chi connectivity index (χ2v) is 5.11. The molecule has 0 aromatic heterocycles. The SMILES string of the molecule is O=[N+]([O-])c1ccccc1N1CCNC(c2ccccc2)C1. The molecule has 0 radical (unpaired) electrons. The monoisotopic (exact) mass is 283 g/mol. The number of anilines is 1. The summed E-state index contributed by atoms with van der Waals surface area (Å²) in [6.07, 6.45) is 0. The molecule has 0 saturated carbocycles. The van der Waals surface area contributed by atoms with Crippen LogP contribution in [0.3, 0.4) is 0 Å². The van der Waals surface area contributed by atoms with Crippen molar-refractivity contribution in [3.8, 4) is 0 Å². The number of hydrogen-bond acceptors (Lipinski definition) is 4. The van der Waals surface area contributed by atoms with Gasteiger partial charge in [-0.05, 0) is 11.6 Å². The van der Waals surface area contributed by atoms with Crippen molar-refractivity contribution in [1.29, 1.82) is 0 Å². The number of nitro benzene ring substituents is 1. The van der Waals surface area contributed by atoms with Crippen LogP contribution < -0.4 is 10.2 Å². The minimum Gasteiger partial charge on any atom is -0.363 e. The van der Waals surface area contributed by atoms with Gasteiger partial charge in [-0.1, -0.05) is 42.5 Å². The summed E-state index contributed by atoms with van der Waals surface area (Å²) in [5.74, 6) is 0. The van der Waals surface area contributed by atoms with E-state index < -0.39 is 0 Å². The maximum Gasteiger partial charge on any atom is 0.292 e. The number of piperazine rings is 1. The topological polar surface area (TPSA) is 58.4 Å². The lowest BCUT2D eigenvalue weighted by Crippen LogP contribution is -2.46. The van der Waals surface area contributed by atoms with Gasteiger partial charge in [0.15, 0.2) is 0 Å². The first-order valence-corrected chi connectivity index (χ1v) is 7.02. The number of nitrogens with zero attached hydrogens (tertiary/aromatic N) is 2. The van der Waals surface area contributed by atoms with Crippen molar-refractivity contribution >= 4 is 11.4 Å². The quantitative estimate of drug-likeness (QED) is 0.695. The van der Waals surface area contributed by atoms with E-state index in [1.807, 2.05) is 30.3 Å². The fourth-order valence-corrected chi connectivity index (χ4v) is 2.76. The molecular formula is C16H17N3O2. The van der Waals surface area contributed by atoms with E-state index in [9.17, 15) is 10.1 Å². The molecule has 0 bridgehead atoms. The van der Waals surface area contributed by atoms with Gasteiger partial charge in [0.05, 0.1) is 4.92 Å². The van der Waals surface area contributed by atoms with Crippen LogP contribution in [-0.2, 0) is 0 Å². The van der Waals surface area contributed by atoms with Gasteiger partial charge in [0, 0.05) is 31.7 Å². The summed E-state index contributed by atoms with van der Waals surface area (Å²) < 4.78 is 0. The fourth-order valence-electron chi connectivity index (χ4n) is 2.76. The van der Waals surface area contributed by atoms with Crippen LogP contribution in [0, 0.1) is 10.1 Å². The van der Waals surface area contributed by atoms with Crippen LogP contribution in [0.1, 0.15) is 11.6 Å². The second kappa shape index (κ2) is 5.93. The Balaban J connectivity index is 1.85. The van der Waals surface area contributed by atoms with Crippen LogP contribution in [0.2, 0.25) is 0 Å². The van der Waals surface area contributed by atoms with Gasteiger partial charge in [0.1, 0.15) is 5.69 Å². The Hall–Kier alpha value is -2.40. The van der Waals surface area contributed by atoms with Crippen LogP contribution in [-0.4, -0.2) is 24.6 Å². The molecule has 5 nitrogen and oxygen atoms in total. The third-order valence-electron chi connectivity index (χ3n) is 3.80. The lowest BCUT2D eigenvalue weighted by molar-refractivity contribution is -0.384. The van der Waals surface area contributed by atoms with E-state index in [1.165, 1.54) is 5.56 Å². The normalized spacial score (nSPS) is 18.5. The molecule has 1 atom stereocenters. The Morgan fingerprint density at radius 3 is 2.57 bits per heavy atom. The summed E-state index contributed by atoms with van der Waals surface area (Å²) >= 11 is 0. The lowest BCUT2D eigenvalue weighted by atomic mass is 10.0. The van der Waals surface area contributed by atoms with E-state index in [4.69, 9.17) is 0 Å². The Bertz CT molecular complexity index is 630. The smallest absolute Gasteiger partial charge is 0.292 e. The van der Waals surface area contributed by atoms with E-state index in [0.29, 0.717) is 5.69 Å². The molecule has 1 N–H and O–H groups in total. The first kappa shape index (κ1) is 13.6. The summed E-state index contributed by atoms with van der Waals surface area (Å²) in [6, 6.07) is 17.3. The average Bonchev–Trinajstić information content (AvgIpc) is 2.56. The van der Waals surface area contributed by atoms with E-state index >= 15 is 0 Å². The third kappa shape index (κ3) is 2.87. The number of rotatable bonds is 3. The van der Waals surface area contributed by atoms with Gasteiger partial charge in [0.2, 0.25) is 0 Å². The lowest BCUT2D eigenvalue weighted by Gasteiger charge is -2.35. The Morgan fingerprint density at radius 1 is 1.10 bits per heavy atom. The van der Waals surface area contributed by atoms with Crippen molar-refractivity contribution < 1.29 is 4.92 Å². The van der Waals surface area contributed by atoms with E-state index in [1.54, 1.807) is 12.1 Å². The third-order valence-corrected chi connectivity index (χ3v) is 3.80. The van der Waals surface area contributed by atoms with Gasteiger partial charge >= 0.3 is 0 Å². The van der Waals surface area contributed by atoms with Crippen molar-refractivity contribution in [3.63, 3.8) is 0 Å². The van der Waals surface area contributed by atoms with Crippen molar-refractivity contribution in [2.75, 3.05) is 24.5 Å². The fraction of sp³-hybridized carbons (Fsp3) is 0.250. The average molecular weight is 283 g/mol. The van der Waals surface area contributed by atoms with Gasteiger partial charge in [-0.15, -0.1) is 0 Å². The molecular weight excluding hydrogens is 266 g/mol. The standard InChI is InChI=1S/C16H17N3O2/c20-19(21)16-9-5-4-8-15(16)18-11-10-17-14(12-18)13-6-2-1-3-7-13/h1-9,14,17H,10-12H2. The summed E-state index contributed by atoms with van der Waals surface area (Å²) in [5, 5.41) is 14.7. The molecule has 0 aliphatic carbocycles. The van der Waals surface area contributed by atoms with Crippen molar-refractivity contribution in [1.82, 2.24) is 5.32 Å². The zero-order chi connectivity index (χ0) is 14.7. The molecule has 1 saturated heterocycles. The summed E-state index contributed by atoms with van der Waals surface area (Å²) in [5.41, 5.74) is 2.08. The van der Waals surface area contributed by atoms with Crippen LogP contribution >= 0.6 is 0 Å². The molecule has 21 heavy (non-hydrogen) atoms. The molecule has 5 heteroatoms. The highest BCUT2D eigenvalue weighted by Gasteiger charge is 2.25. The number of nitro groups is 1. The number of benzene rings is 2. The minimum absolute atomic E-state index is 0.172. The highest BCUT2D eigenvalue weighted by atomic mass is 16.6. The maximum absolute atomic E-state index is 11.2. The highest BCUT2D eigenvalue weighted by Crippen LogP contribution is 2.30. The molecule has 1 aliphatic heterocycles. The predicted molar refractivity (Wildman–Crippen MR) is 82.5 cm³/mol. The van der Waals surface area contributed by atoms with Gasteiger partial charge in [-0.2, -0.15) is 0 Å². The van der Waals surface area contributed by atoms with Crippen LogP contribution in [0.25, 0.3) is 0 Å². The molecule has 1 heterocycles. The van der Waals surface area contributed by atoms with E-state index in [-0.39, 0.29) is 16.7 Å². The minimum atomic E-state index is -0.311. The molecule has 0 amide bonds. The number of nitrogens with one attached hydrogen (secondary N) is 1. The molecule has 1 unspecified atom stereocenters. The number of hydrogen-bond donors (Lipinski definition) is 1. The van der Waals surface area contributed by atoms with Gasteiger partial charge in [-0.3, -0.25) is 10.1 Å². The molecule has 2 aromatic carbocycles. The highest BCUT2D eigenvalue weighted by molar-refractivity contribution is 5.63.